The minimum atomic E-state index is -3.37. The van der Waals surface area contributed by atoms with Gasteiger partial charge in [-0.1, -0.05) is 0 Å². The number of carbonyl (C=O) groups excluding carboxylic acids is 1. The number of ether oxygens (including phenoxy) is 2. The lowest BCUT2D eigenvalue weighted by Crippen LogP contribution is -2.50. The van der Waals surface area contributed by atoms with E-state index < -0.39 is 27.8 Å². The first kappa shape index (κ1) is 18.5. The molecule has 1 saturated carbocycles. The minimum Gasteiger partial charge on any atom is -0.444 e. The number of rotatable bonds is 5. The summed E-state index contributed by atoms with van der Waals surface area (Å²) in [7, 11) is -1.76. The van der Waals surface area contributed by atoms with Gasteiger partial charge in [0, 0.05) is 20.1 Å². The number of sulfonamides is 1. The third-order valence-electron chi connectivity index (χ3n) is 3.87. The fourth-order valence-electron chi connectivity index (χ4n) is 2.45. The third kappa shape index (κ3) is 5.93. The first-order valence-corrected chi connectivity index (χ1v) is 9.71. The molecule has 1 saturated heterocycles. The van der Waals surface area contributed by atoms with Crippen molar-refractivity contribution in [1.29, 1.82) is 0 Å². The molecule has 1 unspecified atom stereocenters. The van der Waals surface area contributed by atoms with Crippen LogP contribution < -0.4 is 0 Å². The second kappa shape index (κ2) is 6.94. The average molecular weight is 348 g/mol. The summed E-state index contributed by atoms with van der Waals surface area (Å²) in [6.07, 6.45) is 1.27. The molecule has 0 spiro atoms. The molecule has 0 aromatic carbocycles. The Morgan fingerprint density at radius 1 is 1.35 bits per heavy atom. The van der Waals surface area contributed by atoms with Gasteiger partial charge in [0.25, 0.3) is 0 Å². The van der Waals surface area contributed by atoms with Gasteiger partial charge in [0.2, 0.25) is 10.0 Å². The summed E-state index contributed by atoms with van der Waals surface area (Å²) < 4.78 is 37.0. The van der Waals surface area contributed by atoms with E-state index in [9.17, 15) is 13.2 Å². The van der Waals surface area contributed by atoms with E-state index >= 15 is 0 Å². The van der Waals surface area contributed by atoms with Crippen molar-refractivity contribution >= 4 is 16.1 Å². The minimum absolute atomic E-state index is 0.102. The molecule has 2 aliphatic rings. The van der Waals surface area contributed by atoms with Gasteiger partial charge in [-0.15, -0.1) is 0 Å². The van der Waals surface area contributed by atoms with Gasteiger partial charge >= 0.3 is 6.09 Å². The van der Waals surface area contributed by atoms with Gasteiger partial charge in [0.15, 0.2) is 0 Å². The first-order valence-electron chi connectivity index (χ1n) is 8.10. The van der Waals surface area contributed by atoms with E-state index in [-0.39, 0.29) is 12.3 Å². The number of hydrogen-bond donors (Lipinski definition) is 0. The first-order chi connectivity index (χ1) is 10.6. The number of nitrogens with zero attached hydrogens (tertiary/aromatic N) is 2. The Morgan fingerprint density at radius 2 is 2.00 bits per heavy atom. The fourth-order valence-corrected chi connectivity index (χ4v) is 3.82. The molecule has 2 rings (SSSR count). The lowest BCUT2D eigenvalue weighted by Gasteiger charge is -2.34. The molecule has 8 heteroatoms. The average Bonchev–Trinajstić information content (AvgIpc) is 3.20. The number of hydrogen-bond acceptors (Lipinski definition) is 5. The van der Waals surface area contributed by atoms with E-state index in [0.717, 1.165) is 12.8 Å². The Labute approximate surface area is 139 Å². The summed E-state index contributed by atoms with van der Waals surface area (Å²) in [5, 5.41) is 0. The quantitative estimate of drug-likeness (QED) is 0.748. The van der Waals surface area contributed by atoms with Crippen molar-refractivity contribution in [3.8, 4) is 0 Å². The van der Waals surface area contributed by atoms with Crippen LogP contribution in [0.1, 0.15) is 33.6 Å². The standard InChI is InChI=1S/C15H28N2O5S/c1-15(2,3)22-14(18)17-7-8-21-13(10-17)11-23(19,20)16(4)9-12-5-6-12/h12-13H,5-11H2,1-4H3. The van der Waals surface area contributed by atoms with Gasteiger partial charge in [-0.3, -0.25) is 0 Å². The van der Waals surface area contributed by atoms with Crippen LogP contribution >= 0.6 is 0 Å². The topological polar surface area (TPSA) is 76.2 Å². The Hall–Kier alpha value is -0.860. The summed E-state index contributed by atoms with van der Waals surface area (Å²) in [5.74, 6) is 0.399. The molecule has 23 heavy (non-hydrogen) atoms. The maximum Gasteiger partial charge on any atom is 0.410 e. The van der Waals surface area contributed by atoms with Crippen LogP contribution in [0, 0.1) is 5.92 Å². The molecule has 7 nitrogen and oxygen atoms in total. The monoisotopic (exact) mass is 348 g/mol. The predicted molar refractivity (Wildman–Crippen MR) is 86.7 cm³/mol. The van der Waals surface area contributed by atoms with Crippen molar-refractivity contribution in [3.05, 3.63) is 0 Å². The highest BCUT2D eigenvalue weighted by Crippen LogP contribution is 2.30. The number of morpholine rings is 1. The lowest BCUT2D eigenvalue weighted by atomic mass is 10.2. The zero-order valence-electron chi connectivity index (χ0n) is 14.4. The number of amides is 1. The zero-order chi connectivity index (χ0) is 17.3. The molecule has 1 amide bonds. The fraction of sp³-hybridized carbons (Fsp3) is 0.933. The highest BCUT2D eigenvalue weighted by Gasteiger charge is 2.34. The van der Waals surface area contributed by atoms with Gasteiger partial charge in [-0.05, 0) is 39.5 Å². The SMILES string of the molecule is CN(CC1CC1)S(=O)(=O)CC1CN(C(=O)OC(C)(C)C)CCO1. The molecule has 0 bridgehead atoms. The van der Waals surface area contributed by atoms with E-state index in [1.165, 1.54) is 9.21 Å². The second-order valence-electron chi connectivity index (χ2n) is 7.42. The van der Waals surface area contributed by atoms with Crippen LogP contribution in [0.25, 0.3) is 0 Å². The highest BCUT2D eigenvalue weighted by molar-refractivity contribution is 7.89. The van der Waals surface area contributed by atoms with Crippen LogP contribution in [-0.4, -0.2) is 74.5 Å². The normalized spacial score (nSPS) is 23.2. The molecule has 1 aliphatic carbocycles. The lowest BCUT2D eigenvalue weighted by molar-refractivity contribution is -0.0345. The Kier molecular flexibility index (Phi) is 5.58. The van der Waals surface area contributed by atoms with Crippen molar-refractivity contribution in [1.82, 2.24) is 9.21 Å². The van der Waals surface area contributed by atoms with Gasteiger partial charge in [-0.25, -0.2) is 17.5 Å². The smallest absolute Gasteiger partial charge is 0.410 e. The van der Waals surface area contributed by atoms with Crippen LogP contribution in [0.2, 0.25) is 0 Å². The molecule has 1 heterocycles. The molecule has 0 N–H and O–H groups in total. The summed E-state index contributed by atoms with van der Waals surface area (Å²) >= 11 is 0. The van der Waals surface area contributed by atoms with Crippen LogP contribution in [0.15, 0.2) is 0 Å². The van der Waals surface area contributed by atoms with E-state index in [1.807, 2.05) is 0 Å². The Balaban J connectivity index is 1.88. The van der Waals surface area contributed by atoms with Crippen LogP contribution in [-0.2, 0) is 19.5 Å². The Morgan fingerprint density at radius 3 is 2.57 bits per heavy atom. The third-order valence-corrected chi connectivity index (χ3v) is 5.77. The zero-order valence-corrected chi connectivity index (χ0v) is 15.3. The molecular formula is C15H28N2O5S. The summed E-state index contributed by atoms with van der Waals surface area (Å²) in [6, 6.07) is 0. The molecule has 1 atom stereocenters. The second-order valence-corrected chi connectivity index (χ2v) is 9.54. The predicted octanol–water partition coefficient (Wildman–Crippen LogP) is 1.29. The van der Waals surface area contributed by atoms with Crippen molar-refractivity contribution in [2.45, 2.75) is 45.3 Å². The van der Waals surface area contributed by atoms with Crippen LogP contribution in [0.5, 0.6) is 0 Å². The van der Waals surface area contributed by atoms with Crippen LogP contribution in [0.3, 0.4) is 0 Å². The molecular weight excluding hydrogens is 320 g/mol. The molecule has 0 aromatic heterocycles. The molecule has 0 aromatic rings. The number of carbonyl (C=O) groups is 1. The summed E-state index contributed by atoms with van der Waals surface area (Å²) in [5.41, 5.74) is -0.568. The summed E-state index contributed by atoms with van der Waals surface area (Å²) in [4.78, 5) is 13.6. The van der Waals surface area contributed by atoms with Crippen molar-refractivity contribution in [2.24, 2.45) is 5.92 Å². The van der Waals surface area contributed by atoms with Crippen molar-refractivity contribution in [3.63, 3.8) is 0 Å². The molecule has 1 aliphatic heterocycles. The largest absolute Gasteiger partial charge is 0.444 e. The van der Waals surface area contributed by atoms with Gasteiger partial charge < -0.3 is 14.4 Å². The van der Waals surface area contributed by atoms with E-state index in [0.29, 0.717) is 25.6 Å². The van der Waals surface area contributed by atoms with E-state index in [2.05, 4.69) is 0 Å². The molecule has 134 valence electrons. The van der Waals surface area contributed by atoms with Crippen LogP contribution in [0.4, 0.5) is 4.79 Å². The van der Waals surface area contributed by atoms with Crippen molar-refractivity contribution < 1.29 is 22.7 Å². The molecule has 0 radical (unpaired) electrons. The van der Waals surface area contributed by atoms with E-state index in [4.69, 9.17) is 9.47 Å². The van der Waals surface area contributed by atoms with Gasteiger partial charge in [-0.2, -0.15) is 0 Å². The van der Waals surface area contributed by atoms with Gasteiger partial charge in [0.1, 0.15) is 5.60 Å². The molecule has 2 fully saturated rings. The maximum absolute atomic E-state index is 12.4. The highest BCUT2D eigenvalue weighted by atomic mass is 32.2. The summed E-state index contributed by atoms with van der Waals surface area (Å²) in [6.45, 7) is 6.98. The Bertz CT molecular complexity index is 524. The maximum atomic E-state index is 12.4. The van der Waals surface area contributed by atoms with Crippen molar-refractivity contribution in [2.75, 3.05) is 39.0 Å². The van der Waals surface area contributed by atoms with E-state index in [1.54, 1.807) is 27.8 Å². The van der Waals surface area contributed by atoms with Gasteiger partial charge in [0.05, 0.1) is 25.0 Å².